The predicted octanol–water partition coefficient (Wildman–Crippen LogP) is 3.95. The Bertz CT molecular complexity index is 1020. The Balaban J connectivity index is 1.98. The smallest absolute Gasteiger partial charge is 0.152 e. The van der Waals surface area contributed by atoms with Crippen LogP contribution in [-0.4, -0.2) is 19.5 Å². The molecule has 0 spiro atoms. The molecule has 0 saturated heterocycles. The van der Waals surface area contributed by atoms with Gasteiger partial charge in [-0.15, -0.1) is 0 Å². The molecule has 0 aliphatic carbocycles. The second kappa shape index (κ2) is 6.51. The summed E-state index contributed by atoms with van der Waals surface area (Å²) < 4.78 is 2.29. The lowest BCUT2D eigenvalue weighted by Gasteiger charge is -2.11. The Morgan fingerprint density at radius 2 is 1.84 bits per heavy atom. The van der Waals surface area contributed by atoms with Gasteiger partial charge in [-0.25, -0.2) is 9.97 Å². The lowest BCUT2D eigenvalue weighted by atomic mass is 10.1. The SMILES string of the molecule is CCCCc1nc2c(N)nc3ccccc3c2n1Cc1ccncc1. The van der Waals surface area contributed by atoms with Gasteiger partial charge in [0.15, 0.2) is 5.82 Å². The average Bonchev–Trinajstić information content (AvgIpc) is 3.00. The number of nitrogens with two attached hydrogens (primary N) is 1. The van der Waals surface area contributed by atoms with E-state index in [9.17, 15) is 0 Å². The van der Waals surface area contributed by atoms with Crippen LogP contribution < -0.4 is 5.73 Å². The highest BCUT2D eigenvalue weighted by Crippen LogP contribution is 2.29. The van der Waals surface area contributed by atoms with Crippen molar-refractivity contribution in [2.24, 2.45) is 0 Å². The van der Waals surface area contributed by atoms with Crippen LogP contribution in [0.5, 0.6) is 0 Å². The van der Waals surface area contributed by atoms with E-state index in [1.54, 1.807) is 0 Å². The molecule has 0 saturated carbocycles. The normalized spacial score (nSPS) is 11.4. The number of imidazole rings is 1. The zero-order valence-electron chi connectivity index (χ0n) is 14.3. The standard InChI is InChI=1S/C20H21N5/c1-2-3-8-17-24-18-19(25(17)13-14-9-11-22-12-10-14)15-6-4-5-7-16(15)23-20(18)21/h4-7,9-12H,2-3,8,13H2,1H3,(H2,21,23). The lowest BCUT2D eigenvalue weighted by Crippen LogP contribution is -2.06. The fraction of sp³-hybridized carbons (Fsp3) is 0.250. The van der Waals surface area contributed by atoms with Gasteiger partial charge in [0, 0.05) is 30.7 Å². The molecule has 126 valence electrons. The van der Waals surface area contributed by atoms with Crippen molar-refractivity contribution in [3.63, 3.8) is 0 Å². The fourth-order valence-corrected chi connectivity index (χ4v) is 3.27. The first-order chi connectivity index (χ1) is 12.3. The highest BCUT2D eigenvalue weighted by atomic mass is 15.1. The molecule has 3 heterocycles. The highest BCUT2D eigenvalue weighted by molar-refractivity contribution is 6.06. The van der Waals surface area contributed by atoms with Gasteiger partial charge in [-0.05, 0) is 30.2 Å². The van der Waals surface area contributed by atoms with Gasteiger partial charge >= 0.3 is 0 Å². The monoisotopic (exact) mass is 331 g/mol. The number of nitrogens with zero attached hydrogens (tertiary/aromatic N) is 4. The first kappa shape index (κ1) is 15.6. The molecule has 3 aromatic heterocycles. The Kier molecular flexibility index (Phi) is 4.06. The molecule has 2 N–H and O–H groups in total. The zero-order valence-corrected chi connectivity index (χ0v) is 14.3. The molecule has 0 atom stereocenters. The molecule has 0 aliphatic rings. The summed E-state index contributed by atoms with van der Waals surface area (Å²) in [6.45, 7) is 2.95. The predicted molar refractivity (Wildman–Crippen MR) is 101 cm³/mol. The first-order valence-electron chi connectivity index (χ1n) is 8.70. The summed E-state index contributed by atoms with van der Waals surface area (Å²) in [5.74, 6) is 1.57. The number of unbranched alkanes of at least 4 members (excludes halogenated alkanes) is 1. The molecule has 0 amide bonds. The average molecular weight is 331 g/mol. The zero-order chi connectivity index (χ0) is 17.2. The van der Waals surface area contributed by atoms with Gasteiger partial charge in [0.1, 0.15) is 11.3 Å². The van der Waals surface area contributed by atoms with Crippen molar-refractivity contribution in [2.75, 3.05) is 5.73 Å². The van der Waals surface area contributed by atoms with Crippen LogP contribution in [0.2, 0.25) is 0 Å². The van der Waals surface area contributed by atoms with Crippen molar-refractivity contribution >= 4 is 27.8 Å². The molecule has 0 aliphatic heterocycles. The number of fused-ring (bicyclic) bond motifs is 3. The van der Waals surface area contributed by atoms with Gasteiger partial charge in [-0.1, -0.05) is 31.5 Å². The third-order valence-corrected chi connectivity index (χ3v) is 4.53. The Labute approximate surface area is 146 Å². The minimum absolute atomic E-state index is 0.500. The minimum atomic E-state index is 0.500. The summed E-state index contributed by atoms with van der Waals surface area (Å²) in [5, 5.41) is 1.09. The van der Waals surface area contributed by atoms with E-state index in [1.165, 1.54) is 5.56 Å². The summed E-state index contributed by atoms with van der Waals surface area (Å²) in [4.78, 5) is 13.5. The van der Waals surface area contributed by atoms with E-state index in [4.69, 9.17) is 10.7 Å². The van der Waals surface area contributed by atoms with Gasteiger partial charge in [0.05, 0.1) is 11.0 Å². The van der Waals surface area contributed by atoms with Crippen molar-refractivity contribution < 1.29 is 0 Å². The summed E-state index contributed by atoms with van der Waals surface area (Å²) >= 11 is 0. The number of hydrogen-bond donors (Lipinski definition) is 1. The highest BCUT2D eigenvalue weighted by Gasteiger charge is 2.17. The van der Waals surface area contributed by atoms with E-state index < -0.39 is 0 Å². The number of para-hydroxylation sites is 1. The van der Waals surface area contributed by atoms with Gasteiger partial charge in [0.25, 0.3) is 0 Å². The van der Waals surface area contributed by atoms with Crippen LogP contribution >= 0.6 is 0 Å². The molecular weight excluding hydrogens is 310 g/mol. The van der Waals surface area contributed by atoms with Crippen LogP contribution in [0.25, 0.3) is 21.9 Å². The molecule has 0 bridgehead atoms. The number of anilines is 1. The van der Waals surface area contributed by atoms with Crippen LogP contribution in [0.4, 0.5) is 5.82 Å². The van der Waals surface area contributed by atoms with Gasteiger partial charge in [-0.2, -0.15) is 0 Å². The third-order valence-electron chi connectivity index (χ3n) is 4.53. The first-order valence-corrected chi connectivity index (χ1v) is 8.70. The maximum atomic E-state index is 6.23. The van der Waals surface area contributed by atoms with E-state index >= 15 is 0 Å². The Hall–Kier alpha value is -2.95. The van der Waals surface area contributed by atoms with Crippen molar-refractivity contribution in [1.82, 2.24) is 19.5 Å². The van der Waals surface area contributed by atoms with Crippen molar-refractivity contribution in [2.45, 2.75) is 32.7 Å². The maximum Gasteiger partial charge on any atom is 0.152 e. The van der Waals surface area contributed by atoms with Crippen molar-refractivity contribution in [1.29, 1.82) is 0 Å². The Morgan fingerprint density at radius 3 is 2.64 bits per heavy atom. The van der Waals surface area contributed by atoms with E-state index in [-0.39, 0.29) is 0 Å². The van der Waals surface area contributed by atoms with E-state index in [2.05, 4.69) is 27.5 Å². The van der Waals surface area contributed by atoms with Crippen LogP contribution in [-0.2, 0) is 13.0 Å². The number of benzene rings is 1. The molecule has 1 aromatic carbocycles. The van der Waals surface area contributed by atoms with Gasteiger partial charge in [0.2, 0.25) is 0 Å². The van der Waals surface area contributed by atoms with Crippen LogP contribution in [0.3, 0.4) is 0 Å². The second-order valence-electron chi connectivity index (χ2n) is 6.28. The quantitative estimate of drug-likeness (QED) is 0.601. The molecule has 0 unspecified atom stereocenters. The summed E-state index contributed by atoms with van der Waals surface area (Å²) in [6.07, 6.45) is 6.82. The third kappa shape index (κ3) is 2.82. The fourth-order valence-electron chi connectivity index (χ4n) is 3.27. The van der Waals surface area contributed by atoms with E-state index in [1.807, 2.05) is 42.7 Å². The molecule has 5 nitrogen and oxygen atoms in total. The van der Waals surface area contributed by atoms with Crippen LogP contribution in [0.15, 0.2) is 48.8 Å². The van der Waals surface area contributed by atoms with E-state index in [0.717, 1.165) is 53.6 Å². The lowest BCUT2D eigenvalue weighted by molar-refractivity contribution is 0.690. The largest absolute Gasteiger partial charge is 0.382 e. The minimum Gasteiger partial charge on any atom is -0.382 e. The molecule has 0 radical (unpaired) electrons. The van der Waals surface area contributed by atoms with Crippen molar-refractivity contribution in [3.05, 3.63) is 60.2 Å². The van der Waals surface area contributed by atoms with Crippen molar-refractivity contribution in [3.8, 4) is 0 Å². The van der Waals surface area contributed by atoms with Crippen LogP contribution in [0, 0.1) is 0 Å². The van der Waals surface area contributed by atoms with Gasteiger partial charge < -0.3 is 10.3 Å². The molecular formula is C20H21N5. The number of aromatic nitrogens is 4. The van der Waals surface area contributed by atoms with E-state index in [0.29, 0.717) is 5.82 Å². The summed E-state index contributed by atoms with van der Waals surface area (Å²) in [6, 6.07) is 12.2. The second-order valence-corrected chi connectivity index (χ2v) is 6.28. The Morgan fingerprint density at radius 1 is 1.04 bits per heavy atom. The molecule has 0 fully saturated rings. The topological polar surface area (TPSA) is 69.6 Å². The van der Waals surface area contributed by atoms with Crippen LogP contribution in [0.1, 0.15) is 31.2 Å². The number of rotatable bonds is 5. The number of aryl methyl sites for hydroxylation is 1. The van der Waals surface area contributed by atoms with Gasteiger partial charge in [-0.3, -0.25) is 4.98 Å². The molecule has 4 rings (SSSR count). The maximum absolute atomic E-state index is 6.23. The number of hydrogen-bond acceptors (Lipinski definition) is 4. The molecule has 4 aromatic rings. The summed E-state index contributed by atoms with van der Waals surface area (Å²) in [7, 11) is 0. The number of nitrogen functional groups attached to an aromatic ring is 1. The molecule has 25 heavy (non-hydrogen) atoms. The summed E-state index contributed by atoms with van der Waals surface area (Å²) in [5.41, 5.74) is 10.2. The number of pyridine rings is 2. The molecule has 5 heteroatoms.